The second-order valence-corrected chi connectivity index (χ2v) is 6.76. The molecule has 0 aliphatic carbocycles. The highest BCUT2D eigenvalue weighted by Gasteiger charge is 2.26. The molecule has 0 saturated carbocycles. The van der Waals surface area contributed by atoms with Gasteiger partial charge in [-0.05, 0) is 36.2 Å². The Morgan fingerprint density at radius 1 is 1.27 bits per heavy atom. The van der Waals surface area contributed by atoms with Crippen LogP contribution in [0.3, 0.4) is 0 Å². The largest absolute Gasteiger partial charge is 0.504 e. The molecule has 0 aliphatic heterocycles. The third-order valence-electron chi connectivity index (χ3n) is 4.60. The van der Waals surface area contributed by atoms with Crippen LogP contribution < -0.4 is 15.5 Å². The van der Waals surface area contributed by atoms with Crippen LogP contribution in [0.4, 0.5) is 0 Å². The molecule has 2 heterocycles. The first-order valence-corrected chi connectivity index (χ1v) is 9.25. The van der Waals surface area contributed by atoms with Gasteiger partial charge < -0.3 is 24.7 Å². The number of methoxy groups -OCH3 is 1. The topological polar surface area (TPSA) is 122 Å². The van der Waals surface area contributed by atoms with Crippen LogP contribution in [0.25, 0.3) is 0 Å². The van der Waals surface area contributed by atoms with Gasteiger partial charge in [0.1, 0.15) is 5.76 Å². The third kappa shape index (κ3) is 4.78. The van der Waals surface area contributed by atoms with E-state index < -0.39 is 17.1 Å². The molecule has 3 N–H and O–H groups in total. The zero-order valence-corrected chi connectivity index (χ0v) is 16.6. The van der Waals surface area contributed by atoms with E-state index in [1.807, 2.05) is 6.07 Å². The summed E-state index contributed by atoms with van der Waals surface area (Å²) in [6.45, 7) is 1.86. The van der Waals surface area contributed by atoms with Gasteiger partial charge in [-0.2, -0.15) is 0 Å². The lowest BCUT2D eigenvalue weighted by Crippen LogP contribution is -2.25. The zero-order chi connectivity index (χ0) is 21.7. The first-order chi connectivity index (χ1) is 14.4. The molecule has 1 aromatic carbocycles. The van der Waals surface area contributed by atoms with Crippen LogP contribution in [0, 0.1) is 6.92 Å². The van der Waals surface area contributed by atoms with Gasteiger partial charge in [-0.1, -0.05) is 12.1 Å². The fourth-order valence-corrected chi connectivity index (χ4v) is 3.10. The maximum Gasteiger partial charge on any atom is 0.227 e. The maximum atomic E-state index is 12.7. The molecule has 0 radical (unpaired) electrons. The van der Waals surface area contributed by atoms with Crippen molar-refractivity contribution in [2.45, 2.75) is 25.8 Å². The molecular formula is C22H22N2O6. The number of nitrogens with zero attached hydrogens (tertiary/aromatic N) is 1. The molecule has 0 fully saturated rings. The van der Waals surface area contributed by atoms with Gasteiger partial charge in [0, 0.05) is 31.4 Å². The summed E-state index contributed by atoms with van der Waals surface area (Å²) in [5, 5.41) is 23.0. The summed E-state index contributed by atoms with van der Waals surface area (Å²) < 4.78 is 10.8. The molecule has 0 bridgehead atoms. The number of benzene rings is 1. The van der Waals surface area contributed by atoms with Gasteiger partial charge in [-0.3, -0.25) is 14.6 Å². The van der Waals surface area contributed by atoms with Gasteiger partial charge in [0.05, 0.1) is 13.0 Å². The number of aryl methyl sites for hydroxylation is 1. The van der Waals surface area contributed by atoms with E-state index in [1.54, 1.807) is 31.5 Å². The Labute approximate surface area is 172 Å². The van der Waals surface area contributed by atoms with Gasteiger partial charge in [-0.25, -0.2) is 0 Å². The number of phenols is 1. The normalized spacial score (nSPS) is 11.7. The molecular weight excluding hydrogens is 388 g/mol. The van der Waals surface area contributed by atoms with E-state index in [0.29, 0.717) is 11.3 Å². The van der Waals surface area contributed by atoms with Crippen molar-refractivity contribution in [2.24, 2.45) is 0 Å². The number of carbonyl (C=O) groups excluding carboxylic acids is 1. The lowest BCUT2D eigenvalue weighted by Gasteiger charge is -2.19. The Morgan fingerprint density at radius 3 is 2.77 bits per heavy atom. The van der Waals surface area contributed by atoms with Crippen molar-refractivity contribution in [3.8, 4) is 17.2 Å². The summed E-state index contributed by atoms with van der Waals surface area (Å²) in [4.78, 5) is 28.8. The standard InChI is InChI=1S/C22H22N2O6/c1-13-8-18(26)21(28)22(30-13)16(15-5-6-17(25)19(9-15)29-2)10-20(27)24-12-14-4-3-7-23-11-14/h3-9,11,16,25,28H,10,12H2,1-2H3,(H,24,27)/t16-/m0/s1. The Kier molecular flexibility index (Phi) is 6.36. The zero-order valence-electron chi connectivity index (χ0n) is 16.6. The fraction of sp³-hybridized carbons (Fsp3) is 0.227. The Balaban J connectivity index is 1.94. The lowest BCUT2D eigenvalue weighted by molar-refractivity contribution is -0.121. The molecule has 0 spiro atoms. The van der Waals surface area contributed by atoms with Crippen molar-refractivity contribution in [3.63, 3.8) is 0 Å². The number of hydrogen-bond donors (Lipinski definition) is 3. The number of ether oxygens (including phenoxy) is 1. The number of pyridine rings is 1. The number of carbonyl (C=O) groups is 1. The summed E-state index contributed by atoms with van der Waals surface area (Å²) in [5.41, 5.74) is 0.768. The van der Waals surface area contributed by atoms with Gasteiger partial charge in [0.25, 0.3) is 0 Å². The predicted octanol–water partition coefficient (Wildman–Crippen LogP) is 2.60. The highest BCUT2D eigenvalue weighted by Crippen LogP contribution is 2.37. The number of amides is 1. The molecule has 0 saturated heterocycles. The average molecular weight is 410 g/mol. The molecule has 3 aromatic rings. The number of rotatable bonds is 7. The van der Waals surface area contributed by atoms with E-state index in [-0.39, 0.29) is 36.1 Å². The van der Waals surface area contributed by atoms with Crippen molar-refractivity contribution in [3.05, 3.63) is 81.7 Å². The molecule has 0 aliphatic rings. The molecule has 8 nitrogen and oxygen atoms in total. The molecule has 1 atom stereocenters. The number of hydrogen-bond acceptors (Lipinski definition) is 7. The number of aromatic hydroxyl groups is 2. The Morgan fingerprint density at radius 2 is 2.07 bits per heavy atom. The first kappa shape index (κ1) is 20.9. The summed E-state index contributed by atoms with van der Waals surface area (Å²) in [7, 11) is 1.40. The third-order valence-corrected chi connectivity index (χ3v) is 4.60. The van der Waals surface area contributed by atoms with Crippen LogP contribution in [0.2, 0.25) is 0 Å². The van der Waals surface area contributed by atoms with E-state index in [4.69, 9.17) is 9.15 Å². The van der Waals surface area contributed by atoms with Crippen molar-refractivity contribution >= 4 is 5.91 Å². The van der Waals surface area contributed by atoms with Gasteiger partial charge in [0.2, 0.25) is 17.1 Å². The highest BCUT2D eigenvalue weighted by atomic mass is 16.5. The minimum atomic E-state index is -0.777. The molecule has 0 unspecified atom stereocenters. The van der Waals surface area contributed by atoms with Crippen LogP contribution in [0.15, 0.2) is 58.0 Å². The highest BCUT2D eigenvalue weighted by molar-refractivity contribution is 5.77. The second-order valence-electron chi connectivity index (χ2n) is 6.76. The SMILES string of the molecule is COc1cc([C@H](CC(=O)NCc2cccnc2)c2oc(C)cc(=O)c2O)ccc1O. The quantitative estimate of drug-likeness (QED) is 0.547. The van der Waals surface area contributed by atoms with E-state index in [0.717, 1.165) is 5.56 Å². The van der Waals surface area contributed by atoms with Crippen molar-refractivity contribution in [1.29, 1.82) is 0 Å². The molecule has 30 heavy (non-hydrogen) atoms. The predicted molar refractivity (Wildman–Crippen MR) is 109 cm³/mol. The van der Waals surface area contributed by atoms with Crippen LogP contribution in [0.1, 0.15) is 35.0 Å². The van der Waals surface area contributed by atoms with Gasteiger partial charge >= 0.3 is 0 Å². The molecule has 156 valence electrons. The minimum absolute atomic E-state index is 0.0238. The Bertz CT molecular complexity index is 1090. The monoisotopic (exact) mass is 410 g/mol. The van der Waals surface area contributed by atoms with E-state index >= 15 is 0 Å². The van der Waals surface area contributed by atoms with Crippen LogP contribution in [0.5, 0.6) is 17.2 Å². The van der Waals surface area contributed by atoms with Crippen molar-refractivity contribution < 1.29 is 24.2 Å². The second kappa shape index (κ2) is 9.13. The van der Waals surface area contributed by atoms with Gasteiger partial charge in [-0.15, -0.1) is 0 Å². The van der Waals surface area contributed by atoms with E-state index in [1.165, 1.54) is 25.3 Å². The van der Waals surface area contributed by atoms with E-state index in [2.05, 4.69) is 10.3 Å². The summed E-state index contributed by atoms with van der Waals surface area (Å²) >= 11 is 0. The number of aromatic nitrogens is 1. The van der Waals surface area contributed by atoms with Gasteiger partial charge in [0.15, 0.2) is 17.3 Å². The van der Waals surface area contributed by atoms with Crippen molar-refractivity contribution in [2.75, 3.05) is 7.11 Å². The minimum Gasteiger partial charge on any atom is -0.504 e. The molecule has 3 rings (SSSR count). The lowest BCUT2D eigenvalue weighted by atomic mass is 9.91. The van der Waals surface area contributed by atoms with E-state index in [9.17, 15) is 19.8 Å². The van der Waals surface area contributed by atoms with Crippen LogP contribution >= 0.6 is 0 Å². The van der Waals surface area contributed by atoms with Crippen LogP contribution in [-0.2, 0) is 11.3 Å². The summed E-state index contributed by atoms with van der Waals surface area (Å²) in [5.74, 6) is -1.25. The molecule has 2 aromatic heterocycles. The maximum absolute atomic E-state index is 12.7. The summed E-state index contributed by atoms with van der Waals surface area (Å²) in [6.07, 6.45) is 3.18. The smallest absolute Gasteiger partial charge is 0.227 e. The number of nitrogens with one attached hydrogen (secondary N) is 1. The fourth-order valence-electron chi connectivity index (χ4n) is 3.10. The number of phenolic OH excluding ortho intramolecular Hbond substituents is 1. The Hall–Kier alpha value is -3.81. The average Bonchev–Trinajstić information content (AvgIpc) is 2.74. The summed E-state index contributed by atoms with van der Waals surface area (Å²) in [6, 6.07) is 9.32. The molecule has 8 heteroatoms. The van der Waals surface area contributed by atoms with Crippen LogP contribution in [-0.4, -0.2) is 28.2 Å². The molecule has 1 amide bonds. The first-order valence-electron chi connectivity index (χ1n) is 9.25. The van der Waals surface area contributed by atoms with Crippen molar-refractivity contribution in [1.82, 2.24) is 10.3 Å².